The van der Waals surface area contributed by atoms with Crippen LogP contribution in [0.2, 0.25) is 0 Å². The van der Waals surface area contributed by atoms with Crippen molar-refractivity contribution in [2.75, 3.05) is 13.3 Å². The monoisotopic (exact) mass is 380 g/mol. The number of carbonyl (C=O) groups excluding carboxylic acids is 2. The number of esters is 2. The fourth-order valence-corrected chi connectivity index (χ4v) is 2.92. The van der Waals surface area contributed by atoms with E-state index in [1.807, 2.05) is 13.8 Å². The van der Waals surface area contributed by atoms with Crippen LogP contribution in [0.1, 0.15) is 13.8 Å². The second-order valence-corrected chi connectivity index (χ2v) is 6.66. The van der Waals surface area contributed by atoms with Gasteiger partial charge in [0.1, 0.15) is 13.3 Å². The number of carbonyl (C=O) groups is 2. The van der Waals surface area contributed by atoms with E-state index in [2.05, 4.69) is 10.7 Å². The number of rotatable bonds is 8. The van der Waals surface area contributed by atoms with Gasteiger partial charge in [0.05, 0.1) is 18.7 Å². The number of aromatic hydroxyl groups is 1. The predicted octanol–water partition coefficient (Wildman–Crippen LogP) is 0.830. The van der Waals surface area contributed by atoms with E-state index in [-0.39, 0.29) is 24.9 Å². The standard InChI is InChI=1S/C18H21FN2O6/c1-4-8-20-10-13(22)21(17(20)25)11-27-16(24)15-12(18(15,2)3)5-6-14(23)26-9-7-19/h1,5-6,10,12,15,22H,7-9,11H2,2-3H3/t12-,15-/m0/s1. The van der Waals surface area contributed by atoms with Crippen molar-refractivity contribution in [2.45, 2.75) is 27.1 Å². The number of terminal acetylenes is 1. The first kappa shape index (κ1) is 20.3. The molecule has 2 rings (SSSR count). The molecule has 1 aliphatic carbocycles. The van der Waals surface area contributed by atoms with Crippen molar-refractivity contribution in [1.82, 2.24) is 9.13 Å². The highest BCUT2D eigenvalue weighted by molar-refractivity contribution is 5.83. The number of hydrogen-bond acceptors (Lipinski definition) is 6. The minimum absolute atomic E-state index is 0.0195. The van der Waals surface area contributed by atoms with Gasteiger partial charge < -0.3 is 14.6 Å². The number of hydrogen-bond donors (Lipinski definition) is 1. The molecule has 0 aliphatic heterocycles. The molecular formula is C18H21FN2O6. The molecule has 8 nitrogen and oxygen atoms in total. The van der Waals surface area contributed by atoms with Crippen LogP contribution in [0.15, 0.2) is 23.1 Å². The third-order valence-corrected chi connectivity index (χ3v) is 4.55. The van der Waals surface area contributed by atoms with Crippen LogP contribution < -0.4 is 5.69 Å². The molecule has 0 radical (unpaired) electrons. The lowest BCUT2D eigenvalue weighted by molar-refractivity contribution is -0.150. The first-order valence-corrected chi connectivity index (χ1v) is 8.24. The van der Waals surface area contributed by atoms with E-state index in [9.17, 15) is 23.9 Å². The van der Waals surface area contributed by atoms with Crippen LogP contribution in [-0.4, -0.2) is 39.5 Å². The summed E-state index contributed by atoms with van der Waals surface area (Å²) in [5, 5.41) is 9.77. The van der Waals surface area contributed by atoms with Crippen molar-refractivity contribution in [3.63, 3.8) is 0 Å². The van der Waals surface area contributed by atoms with Crippen LogP contribution in [0.3, 0.4) is 0 Å². The molecule has 0 amide bonds. The third-order valence-electron chi connectivity index (χ3n) is 4.55. The van der Waals surface area contributed by atoms with Gasteiger partial charge in [-0.15, -0.1) is 6.42 Å². The Kier molecular flexibility index (Phi) is 6.10. The van der Waals surface area contributed by atoms with Crippen LogP contribution in [-0.2, 0) is 32.3 Å². The minimum Gasteiger partial charge on any atom is -0.493 e. The number of imidazole rings is 1. The zero-order valence-electron chi connectivity index (χ0n) is 15.1. The Balaban J connectivity index is 1.97. The van der Waals surface area contributed by atoms with E-state index in [1.165, 1.54) is 6.08 Å². The lowest BCUT2D eigenvalue weighted by atomic mass is 10.1. The summed E-state index contributed by atoms with van der Waals surface area (Å²) in [6.45, 7) is 2.09. The van der Waals surface area contributed by atoms with E-state index in [0.717, 1.165) is 21.4 Å². The Morgan fingerprint density at radius 2 is 2.15 bits per heavy atom. The first-order valence-electron chi connectivity index (χ1n) is 8.24. The summed E-state index contributed by atoms with van der Waals surface area (Å²) in [5.74, 6) is -0.133. The molecule has 1 aromatic heterocycles. The summed E-state index contributed by atoms with van der Waals surface area (Å²) in [7, 11) is 0. The van der Waals surface area contributed by atoms with Crippen molar-refractivity contribution in [3.05, 3.63) is 28.8 Å². The zero-order valence-corrected chi connectivity index (χ0v) is 15.1. The molecule has 9 heteroatoms. The van der Waals surface area contributed by atoms with E-state index < -0.39 is 42.4 Å². The summed E-state index contributed by atoms with van der Waals surface area (Å²) in [6.07, 6.45) is 8.98. The van der Waals surface area contributed by atoms with Gasteiger partial charge in [-0.3, -0.25) is 9.36 Å². The highest BCUT2D eigenvalue weighted by Crippen LogP contribution is 2.59. The largest absolute Gasteiger partial charge is 0.493 e. The van der Waals surface area contributed by atoms with Gasteiger partial charge in [0.2, 0.25) is 5.88 Å². The Morgan fingerprint density at radius 1 is 1.44 bits per heavy atom. The van der Waals surface area contributed by atoms with Crippen LogP contribution >= 0.6 is 0 Å². The highest BCUT2D eigenvalue weighted by Gasteiger charge is 2.61. The van der Waals surface area contributed by atoms with Crippen molar-refractivity contribution >= 4 is 11.9 Å². The van der Waals surface area contributed by atoms with Crippen LogP contribution in [0.5, 0.6) is 5.88 Å². The fraction of sp³-hybridized carbons (Fsp3) is 0.500. The molecule has 1 aliphatic rings. The van der Waals surface area contributed by atoms with Gasteiger partial charge in [-0.1, -0.05) is 25.8 Å². The van der Waals surface area contributed by atoms with Gasteiger partial charge in [0.25, 0.3) is 0 Å². The lowest BCUT2D eigenvalue weighted by Crippen LogP contribution is -2.26. The molecule has 1 heterocycles. The average Bonchev–Trinajstić information content (AvgIpc) is 3.06. The summed E-state index contributed by atoms with van der Waals surface area (Å²) in [4.78, 5) is 35.7. The fourth-order valence-electron chi connectivity index (χ4n) is 2.92. The van der Waals surface area contributed by atoms with Crippen LogP contribution in [0.25, 0.3) is 0 Å². The number of nitrogens with zero attached hydrogens (tertiary/aromatic N) is 2. The Bertz CT molecular complexity index is 845. The van der Waals surface area contributed by atoms with E-state index in [0.29, 0.717) is 0 Å². The molecule has 0 aromatic carbocycles. The molecule has 0 spiro atoms. The molecule has 0 bridgehead atoms. The molecule has 1 N–H and O–H groups in total. The van der Waals surface area contributed by atoms with Gasteiger partial charge in [0, 0.05) is 6.08 Å². The van der Waals surface area contributed by atoms with Gasteiger partial charge in [-0.25, -0.2) is 18.5 Å². The normalized spacial score (nSPS) is 20.2. The topological polar surface area (TPSA) is 99.8 Å². The van der Waals surface area contributed by atoms with Gasteiger partial charge >= 0.3 is 17.6 Å². The summed E-state index contributed by atoms with van der Waals surface area (Å²) >= 11 is 0. The number of alkyl halides is 1. The summed E-state index contributed by atoms with van der Waals surface area (Å²) in [6, 6.07) is 0. The second-order valence-electron chi connectivity index (χ2n) is 6.66. The predicted molar refractivity (Wildman–Crippen MR) is 92.1 cm³/mol. The van der Waals surface area contributed by atoms with E-state index in [1.54, 1.807) is 0 Å². The van der Waals surface area contributed by atoms with E-state index >= 15 is 0 Å². The molecule has 1 fully saturated rings. The van der Waals surface area contributed by atoms with Gasteiger partial charge in [-0.2, -0.15) is 0 Å². The van der Waals surface area contributed by atoms with E-state index in [4.69, 9.17) is 11.2 Å². The second kappa shape index (κ2) is 8.12. The first-order chi connectivity index (χ1) is 12.7. The molecule has 146 valence electrons. The summed E-state index contributed by atoms with van der Waals surface area (Å²) in [5.41, 5.74) is -1.04. The van der Waals surface area contributed by atoms with Crippen molar-refractivity contribution in [1.29, 1.82) is 0 Å². The quantitative estimate of drug-likeness (QED) is 0.407. The van der Waals surface area contributed by atoms with Gasteiger partial charge in [0.15, 0.2) is 6.73 Å². The molecular weight excluding hydrogens is 359 g/mol. The minimum atomic E-state index is -0.765. The molecule has 1 aromatic rings. The number of ether oxygens (including phenoxy) is 2. The maximum Gasteiger partial charge on any atom is 0.334 e. The number of aromatic nitrogens is 2. The highest BCUT2D eigenvalue weighted by atomic mass is 19.1. The van der Waals surface area contributed by atoms with Crippen molar-refractivity contribution < 1.29 is 28.6 Å². The summed E-state index contributed by atoms with van der Waals surface area (Å²) < 4.78 is 23.7. The molecule has 27 heavy (non-hydrogen) atoms. The molecule has 1 saturated carbocycles. The average molecular weight is 380 g/mol. The molecule has 0 saturated heterocycles. The lowest BCUT2D eigenvalue weighted by Gasteiger charge is -2.06. The van der Waals surface area contributed by atoms with Gasteiger partial charge in [-0.05, 0) is 11.3 Å². The third kappa shape index (κ3) is 4.39. The Morgan fingerprint density at radius 3 is 2.78 bits per heavy atom. The van der Waals surface area contributed by atoms with Crippen molar-refractivity contribution in [3.8, 4) is 18.2 Å². The van der Waals surface area contributed by atoms with Crippen LogP contribution in [0.4, 0.5) is 4.39 Å². The smallest absolute Gasteiger partial charge is 0.334 e. The Labute approximate surface area is 155 Å². The maximum absolute atomic E-state index is 12.3. The van der Waals surface area contributed by atoms with Crippen LogP contribution in [0, 0.1) is 29.6 Å². The molecule has 0 unspecified atom stereocenters. The number of allylic oxidation sites excluding steroid dienone is 1. The zero-order chi connectivity index (χ0) is 20.2. The SMILES string of the molecule is C#CCn1cc(O)n(COC(=O)[C@@H]2[C@H](C=CC(=O)OCCF)C2(C)C)c1=O. The number of halogens is 1. The maximum atomic E-state index is 12.3. The Hall–Kier alpha value is -3.02. The molecule has 2 atom stereocenters. The van der Waals surface area contributed by atoms with Crippen molar-refractivity contribution in [2.24, 2.45) is 17.3 Å².